The molecule has 0 amide bonds. The minimum atomic E-state index is 1.09. The molecule has 0 fully saturated rings. The first kappa shape index (κ1) is 41.3. The smallest absolute Gasteiger partial charge is 0.0540 e. The summed E-state index contributed by atoms with van der Waals surface area (Å²) in [7, 11) is 0. The van der Waals surface area contributed by atoms with Gasteiger partial charge in [0.1, 0.15) is 0 Å². The number of rotatable bonds is 11. The first-order valence-electron chi connectivity index (χ1n) is 23.6. The third-order valence-electron chi connectivity index (χ3n) is 13.2. The zero-order valence-corrected chi connectivity index (χ0v) is 38.0. The van der Waals surface area contributed by atoms with Crippen LogP contribution in [0.2, 0.25) is 0 Å². The topological polar surface area (TPSA) is 9.72 Å². The van der Waals surface area contributed by atoms with Gasteiger partial charge in [-0.1, -0.05) is 188 Å². The van der Waals surface area contributed by atoms with Gasteiger partial charge in [0.25, 0.3) is 0 Å². The molecule has 3 heteroatoms. The van der Waals surface area contributed by atoms with Crippen molar-refractivity contribution in [2.24, 2.45) is 0 Å². The summed E-state index contributed by atoms with van der Waals surface area (Å²) in [5.74, 6) is 0. The van der Waals surface area contributed by atoms with Gasteiger partial charge in [-0.25, -0.2) is 0 Å². The van der Waals surface area contributed by atoms with Gasteiger partial charge >= 0.3 is 0 Å². The fourth-order valence-corrected chi connectivity index (χ4v) is 9.80. The van der Waals surface area contributed by atoms with E-state index in [0.717, 1.165) is 51.2 Å². The second kappa shape index (κ2) is 18.2. The highest BCUT2D eigenvalue weighted by molar-refractivity contribution is 6.01. The molecule has 0 aliphatic rings. The lowest BCUT2D eigenvalue weighted by Gasteiger charge is -2.28. The highest BCUT2D eigenvalue weighted by atomic mass is 15.2. The second-order valence-electron chi connectivity index (χ2n) is 17.4. The summed E-state index contributed by atoms with van der Waals surface area (Å²) < 4.78 is 0. The van der Waals surface area contributed by atoms with Crippen LogP contribution in [0.3, 0.4) is 0 Å². The van der Waals surface area contributed by atoms with E-state index in [-0.39, 0.29) is 0 Å². The van der Waals surface area contributed by atoms with Crippen LogP contribution in [0, 0.1) is 0 Å². The van der Waals surface area contributed by atoms with Gasteiger partial charge in [-0.05, 0) is 141 Å². The van der Waals surface area contributed by atoms with E-state index in [4.69, 9.17) is 0 Å². The van der Waals surface area contributed by atoms with E-state index in [0.29, 0.717) is 0 Å². The molecule has 0 saturated heterocycles. The number of benzene rings is 12. The molecule has 0 heterocycles. The van der Waals surface area contributed by atoms with Crippen molar-refractivity contribution in [1.82, 2.24) is 0 Å². The summed E-state index contributed by atoms with van der Waals surface area (Å²) >= 11 is 0. The van der Waals surface area contributed by atoms with E-state index in [1.54, 1.807) is 0 Å². The molecule has 12 rings (SSSR count). The molecule has 69 heavy (non-hydrogen) atoms. The molecule has 0 saturated carbocycles. The van der Waals surface area contributed by atoms with E-state index in [2.05, 4.69) is 300 Å². The van der Waals surface area contributed by atoms with Crippen LogP contribution in [0.5, 0.6) is 0 Å². The molecule has 3 nitrogen and oxygen atoms in total. The normalized spacial score (nSPS) is 11.2. The standard InChI is InChI=1S/C66H47N3/c1-4-20-56(21-5-1)67(61-44-38-55-47-62(45-39-54(55)46-61)69(58-24-8-3-9-25-58)66-29-15-19-53-17-11-13-27-64(53)66)59-40-34-50(35-41-59)48-30-32-49(33-31-48)51-36-42-60(43-37-51)68(57-22-6-2-7-23-57)65-28-14-18-52-16-10-12-26-63(52)65/h1-47H. The first-order valence-corrected chi connectivity index (χ1v) is 23.6. The van der Waals surface area contributed by atoms with Crippen molar-refractivity contribution in [2.75, 3.05) is 14.7 Å². The highest BCUT2D eigenvalue weighted by Gasteiger charge is 2.19. The number of hydrogen-bond acceptors (Lipinski definition) is 3. The van der Waals surface area contributed by atoms with Crippen molar-refractivity contribution in [3.05, 3.63) is 285 Å². The molecule has 12 aromatic carbocycles. The summed E-state index contributed by atoms with van der Waals surface area (Å²) in [4.78, 5) is 7.06. The molecule has 12 aromatic rings. The molecule has 0 aromatic heterocycles. The van der Waals surface area contributed by atoms with E-state index in [1.165, 1.54) is 54.6 Å². The molecule has 0 spiro atoms. The molecular formula is C66H47N3. The Morgan fingerprint density at radius 1 is 0.174 bits per heavy atom. The minimum Gasteiger partial charge on any atom is -0.310 e. The predicted molar refractivity (Wildman–Crippen MR) is 294 cm³/mol. The van der Waals surface area contributed by atoms with E-state index in [9.17, 15) is 0 Å². The Balaban J connectivity index is 0.821. The number of hydrogen-bond donors (Lipinski definition) is 0. The summed E-state index contributed by atoms with van der Waals surface area (Å²) in [5, 5.41) is 7.22. The van der Waals surface area contributed by atoms with Crippen molar-refractivity contribution in [1.29, 1.82) is 0 Å². The van der Waals surface area contributed by atoms with Gasteiger partial charge < -0.3 is 14.7 Å². The third kappa shape index (κ3) is 8.13. The first-order chi connectivity index (χ1) is 34.2. The highest BCUT2D eigenvalue weighted by Crippen LogP contribution is 2.43. The number of nitrogens with zero attached hydrogens (tertiary/aromatic N) is 3. The summed E-state index contributed by atoms with van der Waals surface area (Å²) in [6.07, 6.45) is 0. The van der Waals surface area contributed by atoms with Crippen molar-refractivity contribution in [3.8, 4) is 22.3 Å². The van der Waals surface area contributed by atoms with Crippen LogP contribution in [0.15, 0.2) is 285 Å². The molecule has 0 atom stereocenters. The Bertz CT molecular complexity index is 3690. The lowest BCUT2D eigenvalue weighted by atomic mass is 9.99. The maximum absolute atomic E-state index is 2.37. The second-order valence-corrected chi connectivity index (χ2v) is 17.4. The van der Waals surface area contributed by atoms with Crippen LogP contribution in [0.25, 0.3) is 54.6 Å². The molecule has 0 N–H and O–H groups in total. The zero-order chi connectivity index (χ0) is 45.9. The monoisotopic (exact) mass is 881 g/mol. The van der Waals surface area contributed by atoms with Crippen molar-refractivity contribution < 1.29 is 0 Å². The molecule has 0 aliphatic carbocycles. The molecule has 326 valence electrons. The number of anilines is 9. The Morgan fingerprint density at radius 3 is 0.899 bits per heavy atom. The Morgan fingerprint density at radius 2 is 0.464 bits per heavy atom. The van der Waals surface area contributed by atoms with Gasteiger partial charge in [-0.2, -0.15) is 0 Å². The molecule has 0 radical (unpaired) electrons. The Hall–Kier alpha value is -9.18. The van der Waals surface area contributed by atoms with Gasteiger partial charge in [0.2, 0.25) is 0 Å². The number of fused-ring (bicyclic) bond motifs is 3. The van der Waals surface area contributed by atoms with Gasteiger partial charge in [0.15, 0.2) is 0 Å². The van der Waals surface area contributed by atoms with Crippen LogP contribution < -0.4 is 14.7 Å². The quantitative estimate of drug-likeness (QED) is 0.128. The summed E-state index contributed by atoms with van der Waals surface area (Å²) in [6, 6.07) is 103. The summed E-state index contributed by atoms with van der Waals surface area (Å²) in [5.41, 5.74) is 14.8. The average Bonchev–Trinajstić information content (AvgIpc) is 3.43. The minimum absolute atomic E-state index is 1.09. The molecular weight excluding hydrogens is 835 g/mol. The van der Waals surface area contributed by atoms with Crippen molar-refractivity contribution in [2.45, 2.75) is 0 Å². The maximum Gasteiger partial charge on any atom is 0.0540 e. The zero-order valence-electron chi connectivity index (χ0n) is 38.0. The van der Waals surface area contributed by atoms with Crippen LogP contribution >= 0.6 is 0 Å². The van der Waals surface area contributed by atoms with Crippen LogP contribution in [-0.2, 0) is 0 Å². The van der Waals surface area contributed by atoms with Crippen LogP contribution in [0.4, 0.5) is 51.2 Å². The van der Waals surface area contributed by atoms with Gasteiger partial charge in [-0.3, -0.25) is 0 Å². The van der Waals surface area contributed by atoms with Crippen LogP contribution in [0.1, 0.15) is 0 Å². The lowest BCUT2D eigenvalue weighted by Crippen LogP contribution is -2.11. The van der Waals surface area contributed by atoms with Gasteiger partial charge in [0, 0.05) is 50.6 Å². The SMILES string of the molecule is c1ccc(N(c2ccc(-c3ccc(-c4ccc(N(c5ccccc5)c5cccc6ccccc56)cc4)cc3)cc2)c2ccc3cc(N(c4ccccc4)c4cccc5ccccc45)ccc3c2)cc1. The largest absolute Gasteiger partial charge is 0.310 e. The Kier molecular flexibility index (Phi) is 10.9. The summed E-state index contributed by atoms with van der Waals surface area (Å²) in [6.45, 7) is 0. The maximum atomic E-state index is 2.37. The van der Waals surface area contributed by atoms with Gasteiger partial charge in [0.05, 0.1) is 11.4 Å². The predicted octanol–water partition coefficient (Wildman–Crippen LogP) is 18.9. The molecule has 0 bridgehead atoms. The van der Waals surface area contributed by atoms with E-state index in [1.807, 2.05) is 0 Å². The average molecular weight is 882 g/mol. The fraction of sp³-hybridized carbons (Fsp3) is 0. The Labute approximate surface area is 403 Å². The molecule has 0 aliphatic heterocycles. The van der Waals surface area contributed by atoms with E-state index >= 15 is 0 Å². The van der Waals surface area contributed by atoms with Crippen LogP contribution in [-0.4, -0.2) is 0 Å². The van der Waals surface area contributed by atoms with E-state index < -0.39 is 0 Å². The third-order valence-corrected chi connectivity index (χ3v) is 13.2. The van der Waals surface area contributed by atoms with Gasteiger partial charge in [-0.15, -0.1) is 0 Å². The fourth-order valence-electron chi connectivity index (χ4n) is 9.80. The van der Waals surface area contributed by atoms with Crippen molar-refractivity contribution >= 4 is 83.5 Å². The van der Waals surface area contributed by atoms with Crippen molar-refractivity contribution in [3.63, 3.8) is 0 Å². The molecule has 0 unspecified atom stereocenters. The number of para-hydroxylation sites is 3. The lowest BCUT2D eigenvalue weighted by molar-refractivity contribution is 1.29.